The number of anilines is 2. The van der Waals surface area contributed by atoms with Gasteiger partial charge in [0.05, 0.1) is 5.69 Å². The Morgan fingerprint density at radius 1 is 1.24 bits per heavy atom. The molecule has 0 spiro atoms. The zero-order valence-corrected chi connectivity index (χ0v) is 13.8. The van der Waals surface area contributed by atoms with Crippen molar-refractivity contribution in [2.24, 2.45) is 0 Å². The number of fused-ring (bicyclic) bond motifs is 1. The molecule has 0 saturated heterocycles. The first kappa shape index (κ1) is 16.7. The van der Waals surface area contributed by atoms with Crippen LogP contribution in [0.2, 0.25) is 0 Å². The summed E-state index contributed by atoms with van der Waals surface area (Å²) in [6, 6.07) is 10.9. The molecule has 1 heterocycles. The van der Waals surface area contributed by atoms with Crippen molar-refractivity contribution in [1.29, 1.82) is 0 Å². The van der Waals surface area contributed by atoms with Crippen LogP contribution in [-0.2, 0) is 9.59 Å². The number of halogens is 1. The maximum Gasteiger partial charge on any atom is 0.267 e. The molecular weight excluding hydrogens is 323 g/mol. The molecule has 0 saturated carbocycles. The first-order valence-electron chi connectivity index (χ1n) is 7.77. The van der Waals surface area contributed by atoms with Gasteiger partial charge in [-0.2, -0.15) is 0 Å². The number of carbonyl (C=O) groups excluding carboxylic acids is 2. The van der Waals surface area contributed by atoms with Crippen LogP contribution in [-0.4, -0.2) is 25.0 Å². The van der Waals surface area contributed by atoms with Crippen LogP contribution in [0.25, 0.3) is 6.08 Å². The first-order chi connectivity index (χ1) is 11.9. The zero-order valence-electron chi connectivity index (χ0n) is 13.8. The van der Waals surface area contributed by atoms with Crippen LogP contribution >= 0.6 is 0 Å². The van der Waals surface area contributed by atoms with Crippen molar-refractivity contribution in [3.63, 3.8) is 0 Å². The number of hydrogen-bond donors (Lipinski definition) is 1. The van der Waals surface area contributed by atoms with Gasteiger partial charge >= 0.3 is 0 Å². The van der Waals surface area contributed by atoms with Crippen molar-refractivity contribution in [2.45, 2.75) is 13.0 Å². The quantitative estimate of drug-likeness (QED) is 0.873. The highest BCUT2D eigenvalue weighted by Gasteiger charge is 2.28. The number of likely N-dealkylation sites (N-methyl/N-ethyl adjacent to an activating group) is 1. The second-order valence-electron chi connectivity index (χ2n) is 5.71. The topological polar surface area (TPSA) is 58.6 Å². The monoisotopic (exact) mass is 340 g/mol. The molecule has 1 unspecified atom stereocenters. The predicted octanol–water partition coefficient (Wildman–Crippen LogP) is 3.22. The Labute approximate surface area is 144 Å². The summed E-state index contributed by atoms with van der Waals surface area (Å²) >= 11 is 0. The Balaban J connectivity index is 1.71. The molecular formula is C19H17FN2O3. The zero-order chi connectivity index (χ0) is 18.0. The van der Waals surface area contributed by atoms with Gasteiger partial charge in [0.2, 0.25) is 5.91 Å². The van der Waals surface area contributed by atoms with Gasteiger partial charge in [-0.1, -0.05) is 12.1 Å². The molecule has 1 N–H and O–H groups in total. The molecule has 0 aromatic heterocycles. The highest BCUT2D eigenvalue weighted by atomic mass is 19.1. The average molecular weight is 340 g/mol. The van der Waals surface area contributed by atoms with Gasteiger partial charge in [0.15, 0.2) is 6.10 Å². The van der Waals surface area contributed by atoms with Crippen molar-refractivity contribution >= 4 is 29.3 Å². The lowest BCUT2D eigenvalue weighted by molar-refractivity contribution is -0.125. The van der Waals surface area contributed by atoms with E-state index >= 15 is 0 Å². The van der Waals surface area contributed by atoms with Gasteiger partial charge < -0.3 is 15.0 Å². The summed E-state index contributed by atoms with van der Waals surface area (Å²) in [7, 11) is 1.68. The molecule has 1 aliphatic heterocycles. The van der Waals surface area contributed by atoms with Gasteiger partial charge in [-0.05, 0) is 42.8 Å². The van der Waals surface area contributed by atoms with Crippen LogP contribution in [0, 0.1) is 5.82 Å². The summed E-state index contributed by atoms with van der Waals surface area (Å²) in [5, 5.41) is 2.73. The molecule has 0 radical (unpaired) electrons. The lowest BCUT2D eigenvalue weighted by atomic mass is 10.2. The lowest BCUT2D eigenvalue weighted by Crippen LogP contribution is -2.41. The molecule has 0 aliphatic carbocycles. The summed E-state index contributed by atoms with van der Waals surface area (Å²) < 4.78 is 18.4. The summed E-state index contributed by atoms with van der Waals surface area (Å²) in [4.78, 5) is 25.4. The van der Waals surface area contributed by atoms with Crippen molar-refractivity contribution in [1.82, 2.24) is 0 Å². The number of rotatable bonds is 3. The van der Waals surface area contributed by atoms with E-state index < -0.39 is 6.10 Å². The fourth-order valence-corrected chi connectivity index (χ4v) is 2.53. The molecule has 6 heteroatoms. The van der Waals surface area contributed by atoms with Crippen molar-refractivity contribution < 1.29 is 18.7 Å². The lowest BCUT2D eigenvalue weighted by Gasteiger charge is -2.30. The minimum Gasteiger partial charge on any atom is -0.479 e. The normalized spacial score (nSPS) is 16.5. The van der Waals surface area contributed by atoms with Crippen molar-refractivity contribution in [2.75, 3.05) is 17.3 Å². The molecule has 128 valence electrons. The first-order valence-corrected chi connectivity index (χ1v) is 7.77. The standard InChI is InChI=1S/C19H17FN2O3/c1-12-19(24)22(2)16-9-8-15(11-17(16)25-12)21-18(23)10-5-13-3-6-14(20)7-4-13/h3-12H,1-2H3,(H,21,23)/b10-5+. The van der Waals surface area contributed by atoms with Crippen LogP contribution < -0.4 is 15.0 Å². The Hall–Kier alpha value is -3.15. The molecule has 3 rings (SSSR count). The number of carbonyl (C=O) groups is 2. The SMILES string of the molecule is CC1Oc2cc(NC(=O)/C=C/c3ccc(F)cc3)ccc2N(C)C1=O. The smallest absolute Gasteiger partial charge is 0.267 e. The summed E-state index contributed by atoms with van der Waals surface area (Å²) in [6.45, 7) is 1.68. The van der Waals surface area contributed by atoms with Gasteiger partial charge in [0, 0.05) is 24.9 Å². The van der Waals surface area contributed by atoms with E-state index in [2.05, 4.69) is 5.32 Å². The minimum absolute atomic E-state index is 0.119. The van der Waals surface area contributed by atoms with Gasteiger partial charge in [-0.15, -0.1) is 0 Å². The third kappa shape index (κ3) is 3.68. The van der Waals surface area contributed by atoms with Gasteiger partial charge in [-0.25, -0.2) is 4.39 Å². The number of benzene rings is 2. The third-order valence-electron chi connectivity index (χ3n) is 3.87. The average Bonchev–Trinajstić information content (AvgIpc) is 2.59. The number of amides is 2. The van der Waals surface area contributed by atoms with E-state index in [1.54, 1.807) is 50.4 Å². The highest BCUT2D eigenvalue weighted by Crippen LogP contribution is 2.35. The number of hydrogen-bond acceptors (Lipinski definition) is 3. The van der Waals surface area contributed by atoms with E-state index in [-0.39, 0.29) is 17.6 Å². The highest BCUT2D eigenvalue weighted by molar-refractivity contribution is 6.03. The Kier molecular flexibility index (Phi) is 4.52. The Bertz CT molecular complexity index is 846. The van der Waals surface area contributed by atoms with Crippen molar-refractivity contribution in [3.05, 3.63) is 59.9 Å². The van der Waals surface area contributed by atoms with E-state index in [1.807, 2.05) is 0 Å². The summed E-state index contributed by atoms with van der Waals surface area (Å²) in [5.74, 6) is -0.229. The fraction of sp³-hybridized carbons (Fsp3) is 0.158. The van der Waals surface area contributed by atoms with Crippen molar-refractivity contribution in [3.8, 4) is 5.75 Å². The van der Waals surface area contributed by atoms with E-state index in [0.29, 0.717) is 17.1 Å². The molecule has 1 aliphatic rings. The Morgan fingerprint density at radius 3 is 2.68 bits per heavy atom. The molecule has 0 fully saturated rings. The van der Waals surface area contributed by atoms with Crippen LogP contribution in [0.15, 0.2) is 48.5 Å². The van der Waals surface area contributed by atoms with E-state index in [1.165, 1.54) is 23.1 Å². The maximum atomic E-state index is 12.9. The molecule has 2 aromatic carbocycles. The molecule has 25 heavy (non-hydrogen) atoms. The molecule has 2 amide bonds. The van der Waals surface area contributed by atoms with E-state index in [9.17, 15) is 14.0 Å². The number of nitrogens with zero attached hydrogens (tertiary/aromatic N) is 1. The van der Waals surface area contributed by atoms with Gasteiger partial charge in [-0.3, -0.25) is 9.59 Å². The summed E-state index contributed by atoms with van der Waals surface area (Å²) in [6.07, 6.45) is 2.39. The molecule has 2 aromatic rings. The van der Waals surface area contributed by atoms with E-state index in [4.69, 9.17) is 4.74 Å². The van der Waals surface area contributed by atoms with Gasteiger partial charge in [0.25, 0.3) is 5.91 Å². The molecule has 1 atom stereocenters. The van der Waals surface area contributed by atoms with Crippen LogP contribution in [0.4, 0.5) is 15.8 Å². The van der Waals surface area contributed by atoms with Crippen LogP contribution in [0.3, 0.4) is 0 Å². The fourth-order valence-electron chi connectivity index (χ4n) is 2.53. The third-order valence-corrected chi connectivity index (χ3v) is 3.87. The molecule has 0 bridgehead atoms. The maximum absolute atomic E-state index is 12.9. The number of nitrogens with one attached hydrogen (secondary N) is 1. The van der Waals surface area contributed by atoms with E-state index in [0.717, 1.165) is 5.56 Å². The summed E-state index contributed by atoms with van der Waals surface area (Å²) in [5.41, 5.74) is 1.93. The van der Waals surface area contributed by atoms with Crippen LogP contribution in [0.1, 0.15) is 12.5 Å². The predicted molar refractivity (Wildman–Crippen MR) is 94.0 cm³/mol. The largest absolute Gasteiger partial charge is 0.479 e. The van der Waals surface area contributed by atoms with Crippen LogP contribution in [0.5, 0.6) is 5.75 Å². The Morgan fingerprint density at radius 2 is 1.96 bits per heavy atom. The minimum atomic E-state index is -0.568. The second kappa shape index (κ2) is 6.76. The number of ether oxygens (including phenoxy) is 1. The molecule has 5 nitrogen and oxygen atoms in total. The van der Waals surface area contributed by atoms with Gasteiger partial charge in [0.1, 0.15) is 11.6 Å². The second-order valence-corrected chi connectivity index (χ2v) is 5.71.